The van der Waals surface area contributed by atoms with Gasteiger partial charge < -0.3 is 15.2 Å². The largest absolute Gasteiger partial charge is 0.491 e. The van der Waals surface area contributed by atoms with E-state index in [9.17, 15) is 5.11 Å². The highest BCUT2D eigenvalue weighted by Gasteiger charge is 2.32. The first-order chi connectivity index (χ1) is 8.52. The summed E-state index contributed by atoms with van der Waals surface area (Å²) in [5.74, 6) is 0.910. The summed E-state index contributed by atoms with van der Waals surface area (Å²) in [6.45, 7) is 6.69. The first-order valence-electron chi connectivity index (χ1n) is 6.61. The Kier molecular flexibility index (Phi) is 3.93. The molecular weight excluding hydrogens is 226 g/mol. The van der Waals surface area contributed by atoms with Crippen LogP contribution in [0.4, 0.5) is 0 Å². The van der Waals surface area contributed by atoms with Gasteiger partial charge in [-0.3, -0.25) is 0 Å². The van der Waals surface area contributed by atoms with Crippen molar-refractivity contribution in [3.63, 3.8) is 0 Å². The molecule has 1 saturated carbocycles. The van der Waals surface area contributed by atoms with Gasteiger partial charge in [0, 0.05) is 6.04 Å². The number of hydrogen-bond acceptors (Lipinski definition) is 3. The number of ether oxygens (including phenoxy) is 1. The maximum absolute atomic E-state index is 9.52. The van der Waals surface area contributed by atoms with Gasteiger partial charge in [-0.25, -0.2) is 0 Å². The number of aliphatic hydroxyl groups excluding tert-OH is 1. The minimum atomic E-state index is -0.350. The van der Waals surface area contributed by atoms with E-state index >= 15 is 0 Å². The van der Waals surface area contributed by atoms with Crippen LogP contribution in [-0.2, 0) is 0 Å². The highest BCUT2D eigenvalue weighted by Crippen LogP contribution is 2.24. The monoisotopic (exact) mass is 249 g/mol. The van der Waals surface area contributed by atoms with Gasteiger partial charge in [0.25, 0.3) is 0 Å². The lowest BCUT2D eigenvalue weighted by atomic mass is 10.1. The van der Waals surface area contributed by atoms with Crippen molar-refractivity contribution in [3.8, 4) is 5.75 Å². The van der Waals surface area contributed by atoms with Gasteiger partial charge in [-0.05, 0) is 50.8 Å². The summed E-state index contributed by atoms with van der Waals surface area (Å²) in [6, 6.07) is 6.75. The molecule has 1 fully saturated rings. The summed E-state index contributed by atoms with van der Waals surface area (Å²) in [4.78, 5) is 0. The Balaban J connectivity index is 1.97. The van der Waals surface area contributed by atoms with Gasteiger partial charge in [0.05, 0.1) is 12.1 Å². The third kappa shape index (κ3) is 3.47. The van der Waals surface area contributed by atoms with E-state index in [-0.39, 0.29) is 12.1 Å². The summed E-state index contributed by atoms with van der Waals surface area (Å²) >= 11 is 0. The predicted octanol–water partition coefficient (Wildman–Crippen LogP) is 2.19. The van der Waals surface area contributed by atoms with Crippen molar-refractivity contribution in [1.82, 2.24) is 5.32 Å². The van der Waals surface area contributed by atoms with Crippen LogP contribution in [0.25, 0.3) is 0 Å². The molecule has 0 amide bonds. The minimum absolute atomic E-state index is 0.0916. The number of nitrogens with one attached hydrogen (secondary N) is 1. The third-order valence-electron chi connectivity index (χ3n) is 3.37. The maximum Gasteiger partial charge on any atom is 0.122 e. The number of aliphatic hydroxyl groups is 1. The van der Waals surface area contributed by atoms with Crippen LogP contribution in [0.5, 0.6) is 5.75 Å². The van der Waals surface area contributed by atoms with E-state index in [0.29, 0.717) is 12.6 Å². The van der Waals surface area contributed by atoms with Gasteiger partial charge in [0.15, 0.2) is 0 Å². The van der Waals surface area contributed by atoms with Crippen LogP contribution in [0.3, 0.4) is 0 Å². The second-order valence-corrected chi connectivity index (χ2v) is 5.70. The third-order valence-corrected chi connectivity index (χ3v) is 3.37. The first kappa shape index (κ1) is 13.4. The van der Waals surface area contributed by atoms with E-state index in [1.165, 1.54) is 18.4 Å². The zero-order chi connectivity index (χ0) is 13.2. The van der Waals surface area contributed by atoms with Gasteiger partial charge in [-0.1, -0.05) is 12.1 Å². The van der Waals surface area contributed by atoms with Crippen LogP contribution in [0, 0.1) is 13.8 Å². The van der Waals surface area contributed by atoms with Crippen molar-refractivity contribution >= 4 is 0 Å². The van der Waals surface area contributed by atoms with Crippen LogP contribution in [0.1, 0.15) is 30.9 Å². The minimum Gasteiger partial charge on any atom is -0.491 e. The first-order valence-corrected chi connectivity index (χ1v) is 6.61. The van der Waals surface area contributed by atoms with Gasteiger partial charge >= 0.3 is 0 Å². The summed E-state index contributed by atoms with van der Waals surface area (Å²) in [5.41, 5.74) is 1.97. The van der Waals surface area contributed by atoms with Gasteiger partial charge in [0.1, 0.15) is 12.4 Å². The lowest BCUT2D eigenvalue weighted by molar-refractivity contribution is 0.114. The number of rotatable bonds is 6. The van der Waals surface area contributed by atoms with Gasteiger partial charge in [-0.15, -0.1) is 0 Å². The highest BCUT2D eigenvalue weighted by molar-refractivity contribution is 5.36. The van der Waals surface area contributed by atoms with Crippen molar-refractivity contribution in [2.45, 2.75) is 45.2 Å². The zero-order valence-corrected chi connectivity index (χ0v) is 11.5. The average molecular weight is 249 g/mol. The molecule has 1 atom stereocenters. The molecule has 1 unspecified atom stereocenters. The number of aryl methyl sites for hydroxylation is 2. The molecule has 0 heterocycles. The highest BCUT2D eigenvalue weighted by atomic mass is 16.5. The van der Waals surface area contributed by atoms with Crippen molar-refractivity contribution < 1.29 is 9.84 Å². The number of hydrogen-bond donors (Lipinski definition) is 2. The summed E-state index contributed by atoms with van der Waals surface area (Å²) in [6.07, 6.45) is 2.41. The fourth-order valence-electron chi connectivity index (χ4n) is 1.95. The lowest BCUT2D eigenvalue weighted by Crippen LogP contribution is -2.51. The molecule has 0 bridgehead atoms. The Bertz CT molecular complexity index is 415. The van der Waals surface area contributed by atoms with Crippen LogP contribution >= 0.6 is 0 Å². The second-order valence-electron chi connectivity index (χ2n) is 5.70. The zero-order valence-electron chi connectivity index (χ0n) is 11.5. The van der Waals surface area contributed by atoms with Crippen LogP contribution in [-0.4, -0.2) is 29.9 Å². The lowest BCUT2D eigenvalue weighted by Gasteiger charge is -2.29. The van der Waals surface area contributed by atoms with E-state index in [0.717, 1.165) is 11.3 Å². The molecule has 1 aliphatic rings. The van der Waals surface area contributed by atoms with Crippen molar-refractivity contribution in [3.05, 3.63) is 29.3 Å². The molecule has 3 nitrogen and oxygen atoms in total. The Morgan fingerprint density at radius 1 is 1.39 bits per heavy atom. The Labute approximate surface area is 109 Å². The quantitative estimate of drug-likeness (QED) is 0.812. The molecule has 0 aliphatic heterocycles. The van der Waals surface area contributed by atoms with Crippen LogP contribution in [0.2, 0.25) is 0 Å². The molecule has 100 valence electrons. The molecule has 0 aromatic heterocycles. The normalized spacial score (nSPS) is 18.4. The molecule has 1 aromatic rings. The van der Waals surface area contributed by atoms with Crippen molar-refractivity contribution in [2.75, 3.05) is 13.2 Å². The van der Waals surface area contributed by atoms with Crippen molar-refractivity contribution in [2.24, 2.45) is 0 Å². The van der Waals surface area contributed by atoms with Gasteiger partial charge in [0.2, 0.25) is 0 Å². The van der Waals surface area contributed by atoms with E-state index in [1.54, 1.807) is 0 Å². The molecule has 18 heavy (non-hydrogen) atoms. The van der Waals surface area contributed by atoms with E-state index in [4.69, 9.17) is 4.74 Å². The molecule has 1 aromatic carbocycles. The average Bonchev–Trinajstić information content (AvgIpc) is 3.14. The smallest absolute Gasteiger partial charge is 0.122 e. The Morgan fingerprint density at radius 3 is 2.72 bits per heavy atom. The Morgan fingerprint density at radius 2 is 2.11 bits per heavy atom. The van der Waals surface area contributed by atoms with E-state index in [1.807, 2.05) is 19.9 Å². The SMILES string of the molecule is Cc1ccc(C)c(OCC(C)(CO)NC2CC2)c1. The van der Waals surface area contributed by atoms with Gasteiger partial charge in [-0.2, -0.15) is 0 Å². The molecular formula is C15H23NO2. The maximum atomic E-state index is 9.52. The molecule has 3 heteroatoms. The van der Waals surface area contributed by atoms with Crippen molar-refractivity contribution in [1.29, 1.82) is 0 Å². The summed E-state index contributed by atoms with van der Waals surface area (Å²) in [7, 11) is 0. The summed E-state index contributed by atoms with van der Waals surface area (Å²) in [5, 5.41) is 13.0. The van der Waals surface area contributed by atoms with Crippen LogP contribution in [0.15, 0.2) is 18.2 Å². The molecule has 2 rings (SSSR count). The van der Waals surface area contributed by atoms with E-state index in [2.05, 4.69) is 24.4 Å². The molecule has 0 spiro atoms. The second kappa shape index (κ2) is 5.29. The van der Waals surface area contributed by atoms with Crippen LogP contribution < -0.4 is 10.1 Å². The predicted molar refractivity (Wildman–Crippen MR) is 73.1 cm³/mol. The number of benzene rings is 1. The fourth-order valence-corrected chi connectivity index (χ4v) is 1.95. The Hall–Kier alpha value is -1.06. The molecule has 1 aliphatic carbocycles. The standard InChI is InChI=1S/C15H23NO2/c1-11-4-5-12(2)14(8-11)18-10-15(3,9-17)16-13-6-7-13/h4-5,8,13,16-17H,6-7,9-10H2,1-3H3. The molecule has 2 N–H and O–H groups in total. The van der Waals surface area contributed by atoms with E-state index < -0.39 is 0 Å². The molecule has 0 saturated heterocycles. The molecule has 0 radical (unpaired) electrons. The topological polar surface area (TPSA) is 41.5 Å². The fraction of sp³-hybridized carbons (Fsp3) is 0.600. The summed E-state index contributed by atoms with van der Waals surface area (Å²) < 4.78 is 5.88.